The third kappa shape index (κ3) is 3.99. The molecule has 132 valence electrons. The number of aromatic nitrogens is 2. The summed E-state index contributed by atoms with van der Waals surface area (Å²) >= 11 is 0. The van der Waals surface area contributed by atoms with Crippen LogP contribution < -0.4 is 0 Å². The first-order chi connectivity index (χ1) is 11.4. The molecule has 0 bridgehead atoms. The first-order valence-corrected chi connectivity index (χ1v) is 8.50. The number of halogens is 3. The van der Waals surface area contributed by atoms with Crippen molar-refractivity contribution in [3.05, 3.63) is 30.1 Å². The van der Waals surface area contributed by atoms with Crippen molar-refractivity contribution >= 4 is 5.91 Å². The second-order valence-electron chi connectivity index (χ2n) is 6.64. The van der Waals surface area contributed by atoms with Gasteiger partial charge in [-0.15, -0.1) is 0 Å². The third-order valence-corrected chi connectivity index (χ3v) is 4.81. The maximum atomic E-state index is 12.7. The zero-order chi connectivity index (χ0) is 17.2. The third-order valence-electron chi connectivity index (χ3n) is 4.81. The van der Waals surface area contributed by atoms with Crippen LogP contribution in [-0.4, -0.2) is 33.7 Å². The summed E-state index contributed by atoms with van der Waals surface area (Å²) in [6.45, 7) is 1.12. The number of carbonyl (C=O) groups excluding carboxylic acids is 1. The number of alkyl halides is 3. The van der Waals surface area contributed by atoms with Gasteiger partial charge in [0.15, 0.2) is 5.69 Å². The Labute approximate surface area is 139 Å². The van der Waals surface area contributed by atoms with E-state index in [1.165, 1.54) is 10.9 Å². The van der Waals surface area contributed by atoms with Crippen LogP contribution in [0.25, 0.3) is 0 Å². The molecule has 0 saturated carbocycles. The topological polar surface area (TPSA) is 38.1 Å². The Bertz CT molecular complexity index is 608. The largest absolute Gasteiger partial charge is 0.435 e. The van der Waals surface area contributed by atoms with Gasteiger partial charge in [0.1, 0.15) is 0 Å². The van der Waals surface area contributed by atoms with Crippen molar-refractivity contribution in [1.82, 2.24) is 14.7 Å². The monoisotopic (exact) mass is 341 g/mol. The van der Waals surface area contributed by atoms with E-state index in [9.17, 15) is 18.0 Å². The Morgan fingerprint density at radius 2 is 2.12 bits per heavy atom. The molecule has 0 N–H and O–H groups in total. The highest BCUT2D eigenvalue weighted by Crippen LogP contribution is 2.30. The minimum Gasteiger partial charge on any atom is -0.341 e. The number of allylic oxidation sites excluding steroid dienone is 2. The molecule has 0 aromatic carbocycles. The molecule has 7 heteroatoms. The average molecular weight is 341 g/mol. The number of hydrogen-bond acceptors (Lipinski definition) is 2. The van der Waals surface area contributed by atoms with Crippen molar-refractivity contribution in [3.8, 4) is 0 Å². The quantitative estimate of drug-likeness (QED) is 0.784. The van der Waals surface area contributed by atoms with Crippen LogP contribution in [0.3, 0.4) is 0 Å². The molecule has 0 unspecified atom stereocenters. The van der Waals surface area contributed by atoms with Crippen LogP contribution in [-0.2, 0) is 11.0 Å². The Morgan fingerprint density at radius 3 is 2.79 bits per heavy atom. The molecule has 0 radical (unpaired) electrons. The first-order valence-electron chi connectivity index (χ1n) is 8.50. The van der Waals surface area contributed by atoms with E-state index >= 15 is 0 Å². The summed E-state index contributed by atoms with van der Waals surface area (Å²) in [6.07, 6.45) is 6.44. The lowest BCUT2D eigenvalue weighted by molar-refractivity contribution is -0.142. The van der Waals surface area contributed by atoms with Gasteiger partial charge in [-0.2, -0.15) is 18.3 Å². The first kappa shape index (κ1) is 17.0. The van der Waals surface area contributed by atoms with Crippen LogP contribution in [0.2, 0.25) is 0 Å². The molecular weight excluding hydrogens is 319 g/mol. The predicted octanol–water partition coefficient (Wildman–Crippen LogP) is 3.81. The number of likely N-dealkylation sites (tertiary alicyclic amines) is 1. The Hall–Kier alpha value is -1.79. The highest BCUT2D eigenvalue weighted by molar-refractivity contribution is 5.76. The van der Waals surface area contributed by atoms with Gasteiger partial charge in [-0.05, 0) is 44.1 Å². The van der Waals surface area contributed by atoms with Crippen molar-refractivity contribution in [2.75, 3.05) is 13.1 Å². The Kier molecular flexibility index (Phi) is 4.96. The Morgan fingerprint density at radius 1 is 1.29 bits per heavy atom. The molecule has 1 fully saturated rings. The molecule has 24 heavy (non-hydrogen) atoms. The van der Waals surface area contributed by atoms with Crippen LogP contribution in [0.5, 0.6) is 0 Å². The summed E-state index contributed by atoms with van der Waals surface area (Å²) in [6, 6.07) is 0.814. The lowest BCUT2D eigenvalue weighted by Crippen LogP contribution is -2.41. The van der Waals surface area contributed by atoms with E-state index < -0.39 is 11.9 Å². The van der Waals surface area contributed by atoms with Crippen LogP contribution in [0.4, 0.5) is 13.2 Å². The maximum absolute atomic E-state index is 12.7. The minimum atomic E-state index is -4.43. The zero-order valence-corrected chi connectivity index (χ0v) is 13.5. The fourth-order valence-corrected chi connectivity index (χ4v) is 3.50. The molecule has 1 aromatic rings. The normalized spacial score (nSPS) is 25.0. The van der Waals surface area contributed by atoms with Gasteiger partial charge in [0.25, 0.3) is 0 Å². The highest BCUT2D eigenvalue weighted by Gasteiger charge is 2.35. The summed E-state index contributed by atoms with van der Waals surface area (Å²) in [5.74, 6) is 0.396. The van der Waals surface area contributed by atoms with Gasteiger partial charge in [-0.3, -0.25) is 9.48 Å². The number of amides is 1. The molecule has 1 saturated heterocycles. The van der Waals surface area contributed by atoms with Gasteiger partial charge < -0.3 is 4.90 Å². The summed E-state index contributed by atoms with van der Waals surface area (Å²) < 4.78 is 39.4. The molecule has 2 atom stereocenters. The molecule has 1 aliphatic heterocycles. The SMILES string of the molecule is O=C(C[C@@H]1C=CCCC1)N1CCC[C@H](n2ccc(C(F)(F)F)n2)C1. The standard InChI is InChI=1S/C17H22F3N3O/c18-17(19,20)15-8-10-23(21-15)14-7-4-9-22(12-14)16(24)11-13-5-2-1-3-6-13/h2,5,8,10,13-14H,1,3-4,6-7,9,11-12H2/t13-,14+/m1/s1. The van der Waals surface area contributed by atoms with E-state index in [0.29, 0.717) is 25.4 Å². The van der Waals surface area contributed by atoms with Crippen molar-refractivity contribution in [2.45, 2.75) is 50.7 Å². The van der Waals surface area contributed by atoms with Gasteiger partial charge in [-0.25, -0.2) is 0 Å². The fraction of sp³-hybridized carbons (Fsp3) is 0.647. The molecule has 4 nitrogen and oxygen atoms in total. The van der Waals surface area contributed by atoms with E-state index in [1.54, 1.807) is 4.90 Å². The molecular formula is C17H22F3N3O. The minimum absolute atomic E-state index is 0.0967. The number of carbonyl (C=O) groups is 1. The van der Waals surface area contributed by atoms with E-state index in [1.807, 2.05) is 0 Å². The van der Waals surface area contributed by atoms with E-state index in [-0.39, 0.29) is 11.9 Å². The van der Waals surface area contributed by atoms with Crippen molar-refractivity contribution in [3.63, 3.8) is 0 Å². The summed E-state index contributed by atoms with van der Waals surface area (Å²) in [7, 11) is 0. The number of nitrogens with zero attached hydrogens (tertiary/aromatic N) is 3. The van der Waals surface area contributed by atoms with Crippen molar-refractivity contribution in [1.29, 1.82) is 0 Å². The Balaban J connectivity index is 1.61. The highest BCUT2D eigenvalue weighted by atomic mass is 19.4. The zero-order valence-electron chi connectivity index (χ0n) is 13.5. The number of rotatable bonds is 3. The number of piperidine rings is 1. The smallest absolute Gasteiger partial charge is 0.341 e. The van der Waals surface area contributed by atoms with Gasteiger partial charge in [0, 0.05) is 25.7 Å². The molecule has 3 rings (SSSR count). The van der Waals surface area contributed by atoms with Gasteiger partial charge in [-0.1, -0.05) is 12.2 Å². The molecule has 1 aliphatic carbocycles. The summed E-state index contributed by atoms with van der Waals surface area (Å²) in [5.41, 5.74) is -0.877. The van der Waals surface area contributed by atoms with E-state index in [4.69, 9.17) is 0 Å². The number of hydrogen-bond donors (Lipinski definition) is 0. The van der Waals surface area contributed by atoms with Crippen molar-refractivity contribution < 1.29 is 18.0 Å². The summed E-state index contributed by atoms with van der Waals surface area (Å²) in [4.78, 5) is 14.3. The second kappa shape index (κ2) is 6.99. The van der Waals surface area contributed by atoms with Crippen LogP contribution >= 0.6 is 0 Å². The lowest BCUT2D eigenvalue weighted by atomic mass is 9.92. The van der Waals surface area contributed by atoms with Crippen LogP contribution in [0, 0.1) is 5.92 Å². The lowest BCUT2D eigenvalue weighted by Gasteiger charge is -2.33. The molecule has 1 aromatic heterocycles. The van der Waals surface area contributed by atoms with E-state index in [0.717, 1.165) is 38.2 Å². The molecule has 2 heterocycles. The molecule has 1 amide bonds. The van der Waals surface area contributed by atoms with Crippen LogP contribution in [0.1, 0.15) is 50.3 Å². The van der Waals surface area contributed by atoms with Gasteiger partial charge >= 0.3 is 6.18 Å². The van der Waals surface area contributed by atoms with Gasteiger partial charge in [0.05, 0.1) is 6.04 Å². The maximum Gasteiger partial charge on any atom is 0.435 e. The molecule has 0 spiro atoms. The molecule has 2 aliphatic rings. The van der Waals surface area contributed by atoms with E-state index in [2.05, 4.69) is 17.3 Å². The van der Waals surface area contributed by atoms with Crippen LogP contribution in [0.15, 0.2) is 24.4 Å². The average Bonchev–Trinajstić information content (AvgIpc) is 3.06. The predicted molar refractivity (Wildman–Crippen MR) is 83.2 cm³/mol. The fourth-order valence-electron chi connectivity index (χ4n) is 3.50. The summed E-state index contributed by atoms with van der Waals surface area (Å²) in [5, 5.41) is 3.66. The van der Waals surface area contributed by atoms with Crippen molar-refractivity contribution in [2.24, 2.45) is 5.92 Å². The second-order valence-corrected chi connectivity index (χ2v) is 6.64. The van der Waals surface area contributed by atoms with Gasteiger partial charge in [0.2, 0.25) is 5.91 Å².